The van der Waals surface area contributed by atoms with Crippen LogP contribution in [0.5, 0.6) is 5.75 Å². The number of anilines is 1. The van der Waals surface area contributed by atoms with Crippen molar-refractivity contribution in [3.05, 3.63) is 48.6 Å². The highest BCUT2D eigenvalue weighted by molar-refractivity contribution is 6.24. The third-order valence-corrected chi connectivity index (χ3v) is 4.12. The van der Waals surface area contributed by atoms with Gasteiger partial charge in [-0.1, -0.05) is 32.1 Å². The summed E-state index contributed by atoms with van der Waals surface area (Å²) in [4.78, 5) is 34.8. The van der Waals surface area contributed by atoms with Gasteiger partial charge in [0.15, 0.2) is 0 Å². The third kappa shape index (κ3) is 4.31. The standard InChI is InChI=1S/C20H22N4O3/c1-13(2)12-24-18(16-6-4-5-7-17(16)22-20(24)26)23-19(25)21-14-8-10-15(27-3)11-9-14/h4-11,13,16H,12H2,1-3H3,(H,21,25)/b23-18+. The molecule has 1 atom stereocenters. The smallest absolute Gasteiger partial charge is 0.349 e. The molecule has 0 radical (unpaired) electrons. The Morgan fingerprint density at radius 2 is 2.04 bits per heavy atom. The minimum atomic E-state index is -0.541. The van der Waals surface area contributed by atoms with E-state index in [0.29, 0.717) is 29.5 Å². The van der Waals surface area contributed by atoms with Gasteiger partial charge in [-0.15, -0.1) is 0 Å². The average Bonchev–Trinajstić information content (AvgIpc) is 2.65. The van der Waals surface area contributed by atoms with Crippen LogP contribution in [0.1, 0.15) is 13.8 Å². The first-order valence-corrected chi connectivity index (χ1v) is 8.76. The van der Waals surface area contributed by atoms with E-state index in [1.54, 1.807) is 37.5 Å². The first kappa shape index (κ1) is 18.6. The maximum atomic E-state index is 12.5. The van der Waals surface area contributed by atoms with Crippen molar-refractivity contribution in [3.8, 4) is 5.75 Å². The summed E-state index contributed by atoms with van der Waals surface area (Å²) < 4.78 is 5.11. The van der Waals surface area contributed by atoms with E-state index in [0.717, 1.165) is 0 Å². The second-order valence-electron chi connectivity index (χ2n) is 6.67. The lowest BCUT2D eigenvalue weighted by Gasteiger charge is -2.32. The van der Waals surface area contributed by atoms with E-state index in [1.165, 1.54) is 4.90 Å². The fraction of sp³-hybridized carbons (Fsp3) is 0.300. The molecule has 1 unspecified atom stereocenters. The summed E-state index contributed by atoms with van der Waals surface area (Å²) in [7, 11) is 1.58. The largest absolute Gasteiger partial charge is 0.497 e. The highest BCUT2D eigenvalue weighted by Crippen LogP contribution is 2.22. The molecule has 27 heavy (non-hydrogen) atoms. The van der Waals surface area contributed by atoms with E-state index in [1.807, 2.05) is 32.1 Å². The van der Waals surface area contributed by atoms with Crippen LogP contribution in [0.3, 0.4) is 0 Å². The number of amides is 4. The zero-order valence-electron chi connectivity index (χ0n) is 15.5. The number of urea groups is 2. The van der Waals surface area contributed by atoms with Crippen LogP contribution in [0.25, 0.3) is 0 Å². The van der Waals surface area contributed by atoms with E-state index < -0.39 is 12.1 Å². The van der Waals surface area contributed by atoms with Crippen molar-refractivity contribution in [2.24, 2.45) is 21.8 Å². The molecule has 0 bridgehead atoms. The Morgan fingerprint density at radius 1 is 1.30 bits per heavy atom. The van der Waals surface area contributed by atoms with Crippen LogP contribution >= 0.6 is 0 Å². The van der Waals surface area contributed by atoms with E-state index >= 15 is 0 Å². The van der Waals surface area contributed by atoms with Crippen LogP contribution in [-0.4, -0.2) is 42.2 Å². The average molecular weight is 366 g/mol. The molecule has 1 aromatic carbocycles. The highest BCUT2D eigenvalue weighted by atomic mass is 16.5. The maximum absolute atomic E-state index is 12.5. The molecule has 140 valence electrons. The SMILES string of the molecule is COc1ccc(NC(=O)/N=C2\C3C=CC=CC3=NC(=O)N2CC(C)C)cc1. The van der Waals surface area contributed by atoms with Gasteiger partial charge in [-0.05, 0) is 36.3 Å². The number of ether oxygens (including phenoxy) is 1. The number of allylic oxidation sites excluding steroid dienone is 3. The monoisotopic (exact) mass is 366 g/mol. The molecule has 0 spiro atoms. The van der Waals surface area contributed by atoms with Crippen LogP contribution in [-0.2, 0) is 0 Å². The topological polar surface area (TPSA) is 83.4 Å². The Balaban J connectivity index is 1.87. The fourth-order valence-electron chi connectivity index (χ4n) is 2.89. The van der Waals surface area contributed by atoms with Gasteiger partial charge < -0.3 is 10.1 Å². The Hall–Kier alpha value is -3.22. The zero-order chi connectivity index (χ0) is 19.4. The van der Waals surface area contributed by atoms with Gasteiger partial charge in [-0.2, -0.15) is 9.98 Å². The molecule has 7 nitrogen and oxygen atoms in total. The van der Waals surface area contributed by atoms with E-state index in [-0.39, 0.29) is 11.8 Å². The van der Waals surface area contributed by atoms with Crippen molar-refractivity contribution in [3.63, 3.8) is 0 Å². The van der Waals surface area contributed by atoms with Gasteiger partial charge in [-0.25, -0.2) is 9.59 Å². The van der Waals surface area contributed by atoms with Crippen molar-refractivity contribution >= 4 is 29.3 Å². The van der Waals surface area contributed by atoms with Crippen molar-refractivity contribution < 1.29 is 14.3 Å². The van der Waals surface area contributed by atoms with Crippen LogP contribution in [0, 0.1) is 11.8 Å². The van der Waals surface area contributed by atoms with Crippen molar-refractivity contribution in [2.75, 3.05) is 19.0 Å². The quantitative estimate of drug-likeness (QED) is 0.877. The number of rotatable bonds is 4. The molecule has 4 amide bonds. The van der Waals surface area contributed by atoms with Crippen LogP contribution < -0.4 is 10.1 Å². The number of carbonyl (C=O) groups excluding carboxylic acids is 2. The predicted octanol–water partition coefficient (Wildman–Crippen LogP) is 3.90. The Bertz CT molecular complexity index is 850. The highest BCUT2D eigenvalue weighted by Gasteiger charge is 2.34. The predicted molar refractivity (Wildman–Crippen MR) is 106 cm³/mol. The lowest BCUT2D eigenvalue weighted by atomic mass is 9.94. The fourth-order valence-corrected chi connectivity index (χ4v) is 2.89. The molecule has 1 aromatic rings. The van der Waals surface area contributed by atoms with Crippen LogP contribution in [0.15, 0.2) is 58.6 Å². The molecule has 0 fully saturated rings. The molecule has 1 heterocycles. The Kier molecular flexibility index (Phi) is 5.49. The molecule has 3 rings (SSSR count). The number of hydrogen-bond donors (Lipinski definition) is 1. The summed E-state index contributed by atoms with van der Waals surface area (Å²) >= 11 is 0. The van der Waals surface area contributed by atoms with Gasteiger partial charge in [0, 0.05) is 12.2 Å². The van der Waals surface area contributed by atoms with Crippen LogP contribution in [0.4, 0.5) is 15.3 Å². The first-order chi connectivity index (χ1) is 13.0. The summed E-state index contributed by atoms with van der Waals surface area (Å²) in [5.41, 5.74) is 1.19. The van der Waals surface area contributed by atoms with E-state index in [4.69, 9.17) is 4.74 Å². The van der Waals surface area contributed by atoms with Crippen molar-refractivity contribution in [2.45, 2.75) is 13.8 Å². The maximum Gasteiger partial charge on any atom is 0.349 e. The molecule has 2 aliphatic rings. The first-order valence-electron chi connectivity index (χ1n) is 8.76. The van der Waals surface area contributed by atoms with Gasteiger partial charge in [-0.3, -0.25) is 4.90 Å². The van der Waals surface area contributed by atoms with Gasteiger partial charge in [0.1, 0.15) is 11.6 Å². The third-order valence-electron chi connectivity index (χ3n) is 4.12. The van der Waals surface area contributed by atoms with Gasteiger partial charge in [0.05, 0.1) is 18.7 Å². The zero-order valence-corrected chi connectivity index (χ0v) is 15.5. The number of nitrogens with zero attached hydrogens (tertiary/aromatic N) is 3. The summed E-state index contributed by atoms with van der Waals surface area (Å²) in [6.07, 6.45) is 7.34. The van der Waals surface area contributed by atoms with Gasteiger partial charge in [0.2, 0.25) is 0 Å². The van der Waals surface area contributed by atoms with E-state index in [2.05, 4.69) is 15.3 Å². The lowest BCUT2D eigenvalue weighted by molar-refractivity contribution is 0.224. The number of nitrogens with one attached hydrogen (secondary N) is 1. The Labute approximate surface area is 158 Å². The second-order valence-corrected chi connectivity index (χ2v) is 6.67. The number of fused-ring (bicyclic) bond motifs is 1. The van der Waals surface area contributed by atoms with Gasteiger partial charge >= 0.3 is 12.1 Å². The van der Waals surface area contributed by atoms with Crippen LogP contribution in [0.2, 0.25) is 0 Å². The molecule has 7 heteroatoms. The summed E-state index contributed by atoms with van der Waals surface area (Å²) in [5, 5.41) is 2.72. The number of hydrogen-bond acceptors (Lipinski definition) is 3. The van der Waals surface area contributed by atoms with Crippen molar-refractivity contribution in [1.29, 1.82) is 0 Å². The molecule has 1 aliphatic carbocycles. The number of methoxy groups -OCH3 is 1. The van der Waals surface area contributed by atoms with Crippen molar-refractivity contribution in [1.82, 2.24) is 4.90 Å². The number of amidine groups is 1. The molecular formula is C20H22N4O3. The molecule has 0 aromatic heterocycles. The minimum Gasteiger partial charge on any atom is -0.497 e. The summed E-state index contributed by atoms with van der Waals surface area (Å²) in [6.45, 7) is 4.44. The number of benzene rings is 1. The minimum absolute atomic E-state index is 0.212. The molecular weight excluding hydrogens is 344 g/mol. The number of carbonyl (C=O) groups is 2. The number of aliphatic imine (C=N–C) groups is 2. The van der Waals surface area contributed by atoms with E-state index in [9.17, 15) is 9.59 Å². The lowest BCUT2D eigenvalue weighted by Crippen LogP contribution is -2.48. The molecule has 0 saturated carbocycles. The second kappa shape index (κ2) is 7.99. The summed E-state index contributed by atoms with van der Waals surface area (Å²) in [6, 6.07) is 6.01. The molecule has 1 N–H and O–H groups in total. The molecule has 0 saturated heterocycles. The normalized spacial score (nSPS) is 19.9. The van der Waals surface area contributed by atoms with Gasteiger partial charge in [0.25, 0.3) is 0 Å². The Morgan fingerprint density at radius 3 is 2.70 bits per heavy atom. The summed E-state index contributed by atoms with van der Waals surface area (Å²) in [5.74, 6) is 0.988. The molecule has 1 aliphatic heterocycles.